The Balaban J connectivity index is 1.92. The molecular weight excluding hydrogens is 238 g/mol. The van der Waals surface area contributed by atoms with Crippen LogP contribution in [0.4, 0.5) is 0 Å². The van der Waals surface area contributed by atoms with Gasteiger partial charge in [0, 0.05) is 11.5 Å². The van der Waals surface area contributed by atoms with Gasteiger partial charge in [-0.05, 0) is 50.9 Å². The standard InChI is InChI=1S/C15H19N3O/c1-10-4-3-5-11(2)13(10)15-17-14(18-19-15)12-6-8-16-9-7-12/h3-5,12,16H,6-9H2,1-2H3. The SMILES string of the molecule is Cc1cccc(C)c1-c1nc(C2CCNCC2)no1. The van der Waals surface area contributed by atoms with Gasteiger partial charge in [0.05, 0.1) is 0 Å². The molecule has 0 bridgehead atoms. The summed E-state index contributed by atoms with van der Waals surface area (Å²) >= 11 is 0. The number of nitrogens with one attached hydrogen (secondary N) is 1. The van der Waals surface area contributed by atoms with Crippen LogP contribution in [0.3, 0.4) is 0 Å². The first-order valence-electron chi connectivity index (χ1n) is 6.86. The summed E-state index contributed by atoms with van der Waals surface area (Å²) in [6.45, 7) is 6.24. The number of rotatable bonds is 2. The number of aromatic nitrogens is 2. The molecule has 4 heteroatoms. The Bertz CT molecular complexity index is 550. The monoisotopic (exact) mass is 257 g/mol. The van der Waals surface area contributed by atoms with Crippen molar-refractivity contribution in [2.75, 3.05) is 13.1 Å². The number of hydrogen-bond donors (Lipinski definition) is 1. The lowest BCUT2D eigenvalue weighted by molar-refractivity contribution is 0.392. The second kappa shape index (κ2) is 5.13. The fourth-order valence-electron chi connectivity index (χ4n) is 2.73. The van der Waals surface area contributed by atoms with Crippen molar-refractivity contribution in [3.8, 4) is 11.5 Å². The highest BCUT2D eigenvalue weighted by molar-refractivity contribution is 5.62. The normalized spacial score (nSPS) is 16.7. The van der Waals surface area contributed by atoms with Gasteiger partial charge < -0.3 is 9.84 Å². The maximum absolute atomic E-state index is 5.48. The van der Waals surface area contributed by atoms with Gasteiger partial charge in [-0.15, -0.1) is 0 Å². The summed E-state index contributed by atoms with van der Waals surface area (Å²) in [4.78, 5) is 4.62. The van der Waals surface area contributed by atoms with Crippen molar-refractivity contribution >= 4 is 0 Å². The Labute approximate surface area is 113 Å². The molecule has 0 radical (unpaired) electrons. The summed E-state index contributed by atoms with van der Waals surface area (Å²) in [6.07, 6.45) is 2.18. The van der Waals surface area contributed by atoms with E-state index in [-0.39, 0.29) is 0 Å². The average molecular weight is 257 g/mol. The van der Waals surface area contributed by atoms with Crippen LogP contribution in [-0.2, 0) is 0 Å². The second-order valence-electron chi connectivity index (χ2n) is 5.25. The van der Waals surface area contributed by atoms with E-state index in [0.717, 1.165) is 37.3 Å². The van der Waals surface area contributed by atoms with Crippen LogP contribution in [0, 0.1) is 13.8 Å². The van der Waals surface area contributed by atoms with Crippen molar-refractivity contribution in [2.45, 2.75) is 32.6 Å². The molecule has 4 nitrogen and oxygen atoms in total. The number of nitrogens with zero attached hydrogens (tertiary/aromatic N) is 2. The third-order valence-electron chi connectivity index (χ3n) is 3.84. The van der Waals surface area contributed by atoms with Gasteiger partial charge in [0.15, 0.2) is 5.82 Å². The Morgan fingerprint density at radius 1 is 1.16 bits per heavy atom. The smallest absolute Gasteiger partial charge is 0.258 e. The molecule has 100 valence electrons. The fraction of sp³-hybridized carbons (Fsp3) is 0.467. The van der Waals surface area contributed by atoms with Crippen molar-refractivity contribution in [3.05, 3.63) is 35.2 Å². The van der Waals surface area contributed by atoms with Crippen molar-refractivity contribution in [1.82, 2.24) is 15.5 Å². The molecule has 0 amide bonds. The average Bonchev–Trinajstić information content (AvgIpc) is 2.89. The zero-order valence-corrected chi connectivity index (χ0v) is 11.4. The molecule has 19 heavy (non-hydrogen) atoms. The Morgan fingerprint density at radius 2 is 1.84 bits per heavy atom. The van der Waals surface area contributed by atoms with Crippen molar-refractivity contribution in [1.29, 1.82) is 0 Å². The molecule has 1 saturated heterocycles. The van der Waals surface area contributed by atoms with E-state index in [0.29, 0.717) is 11.8 Å². The zero-order valence-electron chi connectivity index (χ0n) is 11.4. The van der Waals surface area contributed by atoms with Crippen LogP contribution in [-0.4, -0.2) is 23.2 Å². The molecule has 0 unspecified atom stereocenters. The van der Waals surface area contributed by atoms with Crippen molar-refractivity contribution < 1.29 is 4.52 Å². The van der Waals surface area contributed by atoms with Crippen LogP contribution in [0.15, 0.2) is 22.7 Å². The van der Waals surface area contributed by atoms with E-state index < -0.39 is 0 Å². The van der Waals surface area contributed by atoms with Gasteiger partial charge in [0.1, 0.15) is 0 Å². The number of hydrogen-bond acceptors (Lipinski definition) is 4. The summed E-state index contributed by atoms with van der Waals surface area (Å²) < 4.78 is 5.48. The van der Waals surface area contributed by atoms with E-state index in [4.69, 9.17) is 4.52 Å². The number of aryl methyl sites for hydroxylation is 2. The summed E-state index contributed by atoms with van der Waals surface area (Å²) in [5.74, 6) is 1.95. The Kier molecular flexibility index (Phi) is 3.34. The van der Waals surface area contributed by atoms with Crippen molar-refractivity contribution in [3.63, 3.8) is 0 Å². The van der Waals surface area contributed by atoms with Gasteiger partial charge >= 0.3 is 0 Å². The first-order valence-corrected chi connectivity index (χ1v) is 6.86. The summed E-state index contributed by atoms with van der Waals surface area (Å²) in [5, 5.41) is 7.54. The molecule has 0 atom stereocenters. The van der Waals surface area contributed by atoms with Crippen LogP contribution in [0.5, 0.6) is 0 Å². The third-order valence-corrected chi connectivity index (χ3v) is 3.84. The minimum Gasteiger partial charge on any atom is -0.334 e. The highest BCUT2D eigenvalue weighted by Gasteiger charge is 2.22. The Hall–Kier alpha value is -1.68. The quantitative estimate of drug-likeness (QED) is 0.898. The molecule has 0 saturated carbocycles. The molecule has 0 aliphatic carbocycles. The minimum absolute atomic E-state index is 0.433. The van der Waals surface area contributed by atoms with Crippen LogP contribution < -0.4 is 5.32 Å². The lowest BCUT2D eigenvalue weighted by Gasteiger charge is -2.18. The second-order valence-corrected chi connectivity index (χ2v) is 5.25. The highest BCUT2D eigenvalue weighted by Crippen LogP contribution is 2.29. The molecule has 1 N–H and O–H groups in total. The third kappa shape index (κ3) is 2.40. The minimum atomic E-state index is 0.433. The van der Waals surface area contributed by atoms with Gasteiger partial charge in [0.2, 0.25) is 0 Å². The molecular formula is C15H19N3O. The van der Waals surface area contributed by atoms with E-state index in [1.807, 2.05) is 0 Å². The summed E-state index contributed by atoms with van der Waals surface area (Å²) in [6, 6.07) is 6.21. The molecule has 1 aromatic carbocycles. The van der Waals surface area contributed by atoms with Crippen LogP contribution >= 0.6 is 0 Å². The Morgan fingerprint density at radius 3 is 2.53 bits per heavy atom. The van der Waals surface area contributed by atoms with Gasteiger partial charge in [-0.3, -0.25) is 0 Å². The predicted molar refractivity (Wildman–Crippen MR) is 74.1 cm³/mol. The lowest BCUT2D eigenvalue weighted by atomic mass is 9.97. The topological polar surface area (TPSA) is 51.0 Å². The number of benzene rings is 1. The maximum atomic E-state index is 5.48. The molecule has 2 heterocycles. The van der Waals surface area contributed by atoms with Crippen LogP contribution in [0.2, 0.25) is 0 Å². The summed E-state index contributed by atoms with van der Waals surface area (Å²) in [5.41, 5.74) is 3.44. The van der Waals surface area contributed by atoms with Gasteiger partial charge in [-0.25, -0.2) is 0 Å². The molecule has 1 aliphatic heterocycles. The molecule has 3 rings (SSSR count). The fourth-order valence-corrected chi connectivity index (χ4v) is 2.73. The lowest BCUT2D eigenvalue weighted by Crippen LogP contribution is -2.27. The largest absolute Gasteiger partial charge is 0.334 e. The molecule has 0 spiro atoms. The van der Waals surface area contributed by atoms with E-state index in [2.05, 4.69) is 47.5 Å². The van der Waals surface area contributed by atoms with Gasteiger partial charge in [0.25, 0.3) is 5.89 Å². The molecule has 2 aromatic rings. The van der Waals surface area contributed by atoms with Crippen molar-refractivity contribution in [2.24, 2.45) is 0 Å². The zero-order chi connectivity index (χ0) is 13.2. The summed E-state index contributed by atoms with van der Waals surface area (Å²) in [7, 11) is 0. The highest BCUT2D eigenvalue weighted by atomic mass is 16.5. The van der Waals surface area contributed by atoms with Crippen LogP contribution in [0.1, 0.15) is 35.7 Å². The molecule has 1 aromatic heterocycles. The first kappa shape index (κ1) is 12.4. The van der Waals surface area contributed by atoms with Gasteiger partial charge in [-0.1, -0.05) is 23.4 Å². The van der Waals surface area contributed by atoms with E-state index in [1.54, 1.807) is 0 Å². The molecule has 1 fully saturated rings. The molecule has 1 aliphatic rings. The first-order chi connectivity index (χ1) is 9.25. The number of piperidine rings is 1. The van der Waals surface area contributed by atoms with E-state index >= 15 is 0 Å². The van der Waals surface area contributed by atoms with Gasteiger partial charge in [-0.2, -0.15) is 4.98 Å². The van der Waals surface area contributed by atoms with E-state index in [1.165, 1.54) is 11.1 Å². The van der Waals surface area contributed by atoms with E-state index in [9.17, 15) is 0 Å². The van der Waals surface area contributed by atoms with Crippen LogP contribution in [0.25, 0.3) is 11.5 Å². The predicted octanol–water partition coefficient (Wildman–Crippen LogP) is 2.82. The maximum Gasteiger partial charge on any atom is 0.258 e.